The van der Waals surface area contributed by atoms with Crippen LogP contribution in [0.2, 0.25) is 0 Å². The molecule has 0 aromatic heterocycles. The zero-order chi connectivity index (χ0) is 21.6. The molecule has 156 valence electrons. The zero-order valence-electron chi connectivity index (χ0n) is 16.8. The van der Waals surface area contributed by atoms with Gasteiger partial charge in [0.15, 0.2) is 0 Å². The Morgan fingerprint density at radius 1 is 1.10 bits per heavy atom. The van der Waals surface area contributed by atoms with Gasteiger partial charge in [-0.1, -0.05) is 38.5 Å². The van der Waals surface area contributed by atoms with Crippen molar-refractivity contribution in [2.24, 2.45) is 4.99 Å². The van der Waals surface area contributed by atoms with E-state index in [1.165, 1.54) is 18.6 Å². The van der Waals surface area contributed by atoms with Crippen LogP contribution in [0.3, 0.4) is 0 Å². The number of nitrogens with zero attached hydrogens (tertiary/aromatic N) is 1. The van der Waals surface area contributed by atoms with E-state index < -0.39 is 17.9 Å². The first kappa shape index (κ1) is 22.3. The fourth-order valence-corrected chi connectivity index (χ4v) is 2.67. The van der Waals surface area contributed by atoms with Gasteiger partial charge in [0, 0.05) is 7.05 Å². The lowest BCUT2D eigenvalue weighted by atomic mass is 10.1. The van der Waals surface area contributed by atoms with Crippen molar-refractivity contribution in [3.05, 3.63) is 59.2 Å². The van der Waals surface area contributed by atoms with E-state index in [0.29, 0.717) is 28.3 Å². The number of anilines is 2. The first-order valence-electron chi connectivity index (χ1n) is 9.29. The minimum Gasteiger partial charge on any atom is -0.360 e. The lowest BCUT2D eigenvalue weighted by Gasteiger charge is -2.14. The number of amidine groups is 1. The van der Waals surface area contributed by atoms with Crippen molar-refractivity contribution in [2.45, 2.75) is 39.5 Å². The number of hydrogen-bond acceptors (Lipinski definition) is 4. The maximum absolute atomic E-state index is 12.7. The fraction of sp³-hybridized carbons (Fsp3) is 0.333. The number of fused-ring (bicyclic) bond motifs is 1. The molecule has 29 heavy (non-hydrogen) atoms. The van der Waals surface area contributed by atoms with Crippen LogP contribution in [0.5, 0.6) is 0 Å². The molecule has 0 radical (unpaired) electrons. The molecule has 5 nitrogen and oxygen atoms in total. The second kappa shape index (κ2) is 9.45. The summed E-state index contributed by atoms with van der Waals surface area (Å²) in [6.45, 7) is 5.93. The first-order chi connectivity index (χ1) is 13.7. The normalized spacial score (nSPS) is 15.4. The monoisotopic (exact) mass is 406 g/mol. The number of carbonyl (C=O) groups excluding carboxylic acids is 1. The van der Waals surface area contributed by atoms with Crippen molar-refractivity contribution in [1.82, 2.24) is 5.32 Å². The van der Waals surface area contributed by atoms with Crippen molar-refractivity contribution in [2.75, 3.05) is 17.7 Å². The van der Waals surface area contributed by atoms with Crippen LogP contribution in [0.1, 0.15) is 54.8 Å². The number of halogens is 3. The lowest BCUT2D eigenvalue weighted by molar-refractivity contribution is -0.137. The van der Waals surface area contributed by atoms with Crippen LogP contribution in [0.25, 0.3) is 0 Å². The number of aliphatic imine (C=N–C) groups is 1. The molecule has 3 N–H and O–H groups in total. The third-order valence-corrected chi connectivity index (χ3v) is 4.10. The van der Waals surface area contributed by atoms with Gasteiger partial charge in [0.1, 0.15) is 6.17 Å². The van der Waals surface area contributed by atoms with Gasteiger partial charge in [0.05, 0.1) is 28.3 Å². The number of alkyl halides is 3. The number of amides is 1. The third-order valence-electron chi connectivity index (χ3n) is 4.10. The summed E-state index contributed by atoms with van der Waals surface area (Å²) >= 11 is 0. The molecule has 0 saturated heterocycles. The largest absolute Gasteiger partial charge is 0.416 e. The summed E-state index contributed by atoms with van der Waals surface area (Å²) in [6.07, 6.45) is -3.55. The van der Waals surface area contributed by atoms with Crippen molar-refractivity contribution in [3.8, 4) is 0 Å². The molecule has 0 aliphatic carbocycles. The fourth-order valence-electron chi connectivity index (χ4n) is 2.67. The molecule has 1 atom stereocenters. The van der Waals surface area contributed by atoms with E-state index in [2.05, 4.69) is 34.8 Å². The Hall–Kier alpha value is -3.03. The smallest absolute Gasteiger partial charge is 0.360 e. The van der Waals surface area contributed by atoms with Gasteiger partial charge < -0.3 is 16.0 Å². The predicted octanol–water partition coefficient (Wildman–Crippen LogP) is 5.44. The third kappa shape index (κ3) is 5.49. The summed E-state index contributed by atoms with van der Waals surface area (Å²) in [4.78, 5) is 16.3. The highest BCUT2D eigenvalue weighted by molar-refractivity contribution is 6.10. The minimum absolute atomic E-state index is 0.313. The topological polar surface area (TPSA) is 65.5 Å². The quantitative estimate of drug-likeness (QED) is 0.460. The summed E-state index contributed by atoms with van der Waals surface area (Å²) in [5.41, 5.74) is 1.65. The molecule has 1 amide bonds. The molecule has 3 rings (SSSR count). The minimum atomic E-state index is -4.37. The molecule has 8 heteroatoms. The van der Waals surface area contributed by atoms with Gasteiger partial charge >= 0.3 is 6.18 Å². The SMILES string of the molecule is CCC.CN=C(C)NC(=O)c1cccc2c1NC(c1ccc(C(F)(F)F)cc1)N2. The van der Waals surface area contributed by atoms with Gasteiger partial charge in [-0.2, -0.15) is 13.2 Å². The molecule has 2 aromatic carbocycles. The Morgan fingerprint density at radius 2 is 1.72 bits per heavy atom. The van der Waals surface area contributed by atoms with Crippen molar-refractivity contribution >= 4 is 23.1 Å². The van der Waals surface area contributed by atoms with Crippen LogP contribution in [0, 0.1) is 0 Å². The van der Waals surface area contributed by atoms with E-state index in [1.54, 1.807) is 32.2 Å². The molecule has 0 spiro atoms. The average Bonchev–Trinajstić information content (AvgIpc) is 3.12. The molecule has 0 fully saturated rings. The Balaban J connectivity index is 0.000000941. The van der Waals surface area contributed by atoms with Crippen LogP contribution < -0.4 is 16.0 Å². The van der Waals surface area contributed by atoms with Crippen LogP contribution in [0.15, 0.2) is 47.5 Å². The van der Waals surface area contributed by atoms with E-state index in [4.69, 9.17) is 0 Å². The Bertz CT molecular complexity index is 876. The maximum atomic E-state index is 12.7. The molecule has 0 saturated carbocycles. The van der Waals surface area contributed by atoms with Gasteiger partial charge in [-0.25, -0.2) is 0 Å². The summed E-state index contributed by atoms with van der Waals surface area (Å²) < 4.78 is 38.1. The Labute approximate surface area is 168 Å². The molecule has 1 heterocycles. The summed E-state index contributed by atoms with van der Waals surface area (Å²) in [5.74, 6) is 0.171. The molecule has 2 aromatic rings. The molecule has 0 bridgehead atoms. The number of carbonyl (C=O) groups is 1. The molecule has 1 unspecified atom stereocenters. The number of nitrogens with one attached hydrogen (secondary N) is 3. The highest BCUT2D eigenvalue weighted by Crippen LogP contribution is 2.38. The van der Waals surface area contributed by atoms with E-state index in [9.17, 15) is 18.0 Å². The number of rotatable bonds is 2. The number of para-hydroxylation sites is 1. The Morgan fingerprint density at radius 3 is 2.28 bits per heavy atom. The van der Waals surface area contributed by atoms with Crippen molar-refractivity contribution in [1.29, 1.82) is 0 Å². The predicted molar refractivity (Wildman–Crippen MR) is 110 cm³/mol. The molecule has 1 aliphatic rings. The first-order valence-corrected chi connectivity index (χ1v) is 9.29. The van der Waals surface area contributed by atoms with Gasteiger partial charge in [-0.15, -0.1) is 0 Å². The maximum Gasteiger partial charge on any atom is 0.416 e. The average molecular weight is 406 g/mol. The van der Waals surface area contributed by atoms with Crippen molar-refractivity contribution < 1.29 is 18.0 Å². The summed E-state index contributed by atoms with van der Waals surface area (Å²) in [6, 6.07) is 10.1. The van der Waals surface area contributed by atoms with Gasteiger partial charge in [-0.3, -0.25) is 9.79 Å². The van der Waals surface area contributed by atoms with Gasteiger partial charge in [0.25, 0.3) is 5.91 Å². The highest BCUT2D eigenvalue weighted by Gasteiger charge is 2.31. The molecular formula is C21H25F3N4O. The number of benzene rings is 2. The van der Waals surface area contributed by atoms with E-state index in [1.807, 2.05) is 0 Å². The highest BCUT2D eigenvalue weighted by atomic mass is 19.4. The standard InChI is InChI=1S/C18H17F3N4O.C3H8/c1-10(22-2)23-17(26)13-4-3-5-14-15(13)25-16(24-14)11-6-8-12(9-7-11)18(19,20)21;1-3-2/h3-9,16,24-25H,1-2H3,(H,22,23,26);3H2,1-2H3. The van der Waals surface area contributed by atoms with Crippen molar-refractivity contribution in [3.63, 3.8) is 0 Å². The number of hydrogen-bond donors (Lipinski definition) is 3. The van der Waals surface area contributed by atoms with E-state index >= 15 is 0 Å². The second-order valence-corrected chi connectivity index (χ2v) is 6.54. The Kier molecular flexibility index (Phi) is 7.25. The van der Waals surface area contributed by atoms with Crippen LogP contribution in [-0.4, -0.2) is 18.8 Å². The van der Waals surface area contributed by atoms with E-state index in [0.717, 1.165) is 12.1 Å². The summed E-state index contributed by atoms with van der Waals surface area (Å²) in [5, 5.41) is 9.00. The lowest BCUT2D eigenvalue weighted by Crippen LogP contribution is -2.28. The zero-order valence-corrected chi connectivity index (χ0v) is 16.8. The molecular weight excluding hydrogens is 381 g/mol. The second-order valence-electron chi connectivity index (χ2n) is 6.54. The van der Waals surface area contributed by atoms with E-state index in [-0.39, 0.29) is 5.91 Å². The van der Waals surface area contributed by atoms with Gasteiger partial charge in [0.2, 0.25) is 0 Å². The van der Waals surface area contributed by atoms with Crippen LogP contribution in [-0.2, 0) is 6.18 Å². The molecule has 1 aliphatic heterocycles. The summed E-state index contributed by atoms with van der Waals surface area (Å²) in [7, 11) is 1.57. The van der Waals surface area contributed by atoms with Crippen LogP contribution >= 0.6 is 0 Å². The van der Waals surface area contributed by atoms with Gasteiger partial charge in [-0.05, 0) is 36.8 Å². The van der Waals surface area contributed by atoms with Crippen LogP contribution in [0.4, 0.5) is 24.5 Å².